The van der Waals surface area contributed by atoms with Crippen LogP contribution in [0.3, 0.4) is 0 Å². The molecule has 2 aromatic rings. The van der Waals surface area contributed by atoms with Crippen LogP contribution in [0.4, 0.5) is 11.4 Å². The zero-order chi connectivity index (χ0) is 19.4. The highest BCUT2D eigenvalue weighted by molar-refractivity contribution is 5.97. The third kappa shape index (κ3) is 4.78. The fourth-order valence-electron chi connectivity index (χ4n) is 2.71. The second kappa shape index (κ2) is 8.12. The molecule has 0 heterocycles. The monoisotopic (exact) mass is 368 g/mol. The van der Waals surface area contributed by atoms with Gasteiger partial charge in [-0.05, 0) is 62.1 Å². The number of carbonyl (C=O) groups excluding carboxylic acids is 2. The first-order valence-electron chi connectivity index (χ1n) is 8.95. The summed E-state index contributed by atoms with van der Waals surface area (Å²) in [5.41, 5.74) is 3.22. The quantitative estimate of drug-likeness (QED) is 0.782. The second-order valence-electron chi connectivity index (χ2n) is 6.73. The van der Waals surface area contributed by atoms with E-state index < -0.39 is 0 Å². The smallest absolute Gasteiger partial charge is 0.262 e. The minimum Gasteiger partial charge on any atom is -0.493 e. The Morgan fingerprint density at radius 1 is 1.04 bits per heavy atom. The average Bonchev–Trinajstić information content (AvgIpc) is 3.49. The fraction of sp³-hybridized carbons (Fsp3) is 0.333. The van der Waals surface area contributed by atoms with E-state index >= 15 is 0 Å². The molecule has 3 rings (SSSR count). The summed E-state index contributed by atoms with van der Waals surface area (Å²) in [6, 6.07) is 11.0. The maximum absolute atomic E-state index is 12.3. The Labute approximate surface area is 158 Å². The fourth-order valence-corrected chi connectivity index (χ4v) is 2.71. The lowest BCUT2D eigenvalue weighted by Gasteiger charge is -2.14. The highest BCUT2D eigenvalue weighted by Gasteiger charge is 2.29. The normalized spacial score (nSPS) is 13.0. The number of methoxy groups -OCH3 is 1. The molecule has 142 valence electrons. The number of ether oxygens (including phenoxy) is 2. The maximum Gasteiger partial charge on any atom is 0.262 e. The summed E-state index contributed by atoms with van der Waals surface area (Å²) in [5, 5.41) is 5.76. The first kappa shape index (κ1) is 18.8. The van der Waals surface area contributed by atoms with Gasteiger partial charge in [-0.15, -0.1) is 0 Å². The molecule has 0 atom stereocenters. The summed E-state index contributed by atoms with van der Waals surface area (Å²) >= 11 is 0. The van der Waals surface area contributed by atoms with Crippen molar-refractivity contribution in [3.63, 3.8) is 0 Å². The van der Waals surface area contributed by atoms with Gasteiger partial charge in [-0.1, -0.05) is 12.1 Å². The highest BCUT2D eigenvalue weighted by Crippen LogP contribution is 2.32. The van der Waals surface area contributed by atoms with Crippen LogP contribution in [0, 0.1) is 19.8 Å². The average molecular weight is 368 g/mol. The van der Waals surface area contributed by atoms with Crippen LogP contribution in [0.25, 0.3) is 0 Å². The van der Waals surface area contributed by atoms with Crippen LogP contribution in [0.5, 0.6) is 11.5 Å². The first-order chi connectivity index (χ1) is 13.0. The minimum atomic E-state index is -0.286. The molecule has 6 nitrogen and oxygen atoms in total. The number of rotatable bonds is 7. The van der Waals surface area contributed by atoms with Crippen LogP contribution in [-0.4, -0.2) is 25.5 Å². The Balaban J connectivity index is 1.61. The van der Waals surface area contributed by atoms with Crippen molar-refractivity contribution in [1.29, 1.82) is 0 Å². The Morgan fingerprint density at radius 3 is 2.41 bits per heavy atom. The van der Waals surface area contributed by atoms with E-state index in [1.807, 2.05) is 32.0 Å². The summed E-state index contributed by atoms with van der Waals surface area (Å²) < 4.78 is 10.9. The molecule has 0 unspecified atom stereocenters. The Hall–Kier alpha value is -3.02. The summed E-state index contributed by atoms with van der Waals surface area (Å²) in [4.78, 5) is 24.3. The Bertz CT molecular complexity index is 859. The van der Waals surface area contributed by atoms with Crippen LogP contribution in [0.1, 0.15) is 24.0 Å². The molecule has 1 saturated carbocycles. The molecule has 1 aliphatic rings. The van der Waals surface area contributed by atoms with E-state index in [1.165, 1.54) is 0 Å². The van der Waals surface area contributed by atoms with Crippen molar-refractivity contribution in [2.75, 3.05) is 24.4 Å². The van der Waals surface area contributed by atoms with Crippen molar-refractivity contribution in [3.8, 4) is 11.5 Å². The minimum absolute atomic E-state index is 0.0383. The molecule has 6 heteroatoms. The molecule has 0 aliphatic heterocycles. The summed E-state index contributed by atoms with van der Waals surface area (Å²) in [6.07, 6.45) is 1.89. The van der Waals surface area contributed by atoms with Gasteiger partial charge in [0.25, 0.3) is 5.91 Å². The van der Waals surface area contributed by atoms with Gasteiger partial charge in [-0.25, -0.2) is 0 Å². The number of amides is 2. The predicted octanol–water partition coefficient (Wildman–Crippen LogP) is 3.68. The number of nitrogens with one attached hydrogen (secondary N) is 2. The number of carbonyl (C=O) groups is 2. The maximum atomic E-state index is 12.3. The Morgan fingerprint density at radius 2 is 1.74 bits per heavy atom. The molecular weight excluding hydrogens is 344 g/mol. The molecule has 2 N–H and O–H groups in total. The van der Waals surface area contributed by atoms with E-state index in [1.54, 1.807) is 25.3 Å². The van der Waals surface area contributed by atoms with Gasteiger partial charge in [0.2, 0.25) is 5.91 Å². The van der Waals surface area contributed by atoms with E-state index in [0.717, 1.165) is 24.0 Å². The van der Waals surface area contributed by atoms with Crippen molar-refractivity contribution >= 4 is 23.2 Å². The van der Waals surface area contributed by atoms with Crippen LogP contribution in [-0.2, 0) is 9.59 Å². The number of anilines is 2. The van der Waals surface area contributed by atoms with Crippen molar-refractivity contribution in [2.24, 2.45) is 5.92 Å². The van der Waals surface area contributed by atoms with Crippen LogP contribution in [0.2, 0.25) is 0 Å². The van der Waals surface area contributed by atoms with E-state index in [0.29, 0.717) is 22.9 Å². The summed E-state index contributed by atoms with van der Waals surface area (Å²) in [7, 11) is 1.56. The van der Waals surface area contributed by atoms with Crippen LogP contribution in [0.15, 0.2) is 36.4 Å². The third-order valence-corrected chi connectivity index (χ3v) is 4.49. The lowest BCUT2D eigenvalue weighted by Crippen LogP contribution is -2.21. The molecule has 1 aliphatic carbocycles. The van der Waals surface area contributed by atoms with Gasteiger partial charge in [-0.3, -0.25) is 9.59 Å². The molecule has 1 fully saturated rings. The lowest BCUT2D eigenvalue weighted by atomic mass is 10.1. The summed E-state index contributed by atoms with van der Waals surface area (Å²) in [6.45, 7) is 3.68. The molecular formula is C21H24N2O4. The predicted molar refractivity (Wildman–Crippen MR) is 104 cm³/mol. The zero-order valence-corrected chi connectivity index (χ0v) is 15.8. The molecule has 0 spiro atoms. The van der Waals surface area contributed by atoms with Gasteiger partial charge in [0.15, 0.2) is 18.1 Å². The molecule has 2 amide bonds. The van der Waals surface area contributed by atoms with E-state index in [9.17, 15) is 9.59 Å². The second-order valence-corrected chi connectivity index (χ2v) is 6.73. The number of hydrogen-bond acceptors (Lipinski definition) is 4. The van der Waals surface area contributed by atoms with Crippen LogP contribution >= 0.6 is 0 Å². The van der Waals surface area contributed by atoms with Gasteiger partial charge in [0, 0.05) is 17.3 Å². The van der Waals surface area contributed by atoms with Gasteiger partial charge >= 0.3 is 0 Å². The topological polar surface area (TPSA) is 76.7 Å². The third-order valence-electron chi connectivity index (χ3n) is 4.49. The van der Waals surface area contributed by atoms with Crippen molar-refractivity contribution in [3.05, 3.63) is 47.5 Å². The highest BCUT2D eigenvalue weighted by atomic mass is 16.5. The number of aryl methyl sites for hydroxylation is 1. The van der Waals surface area contributed by atoms with Crippen molar-refractivity contribution in [1.82, 2.24) is 0 Å². The van der Waals surface area contributed by atoms with Crippen molar-refractivity contribution in [2.45, 2.75) is 26.7 Å². The molecule has 0 saturated heterocycles. The standard InChI is InChI=1S/C21H24N2O4/c1-13-7-10-18(19(11-13)26-3)27-12-20(24)22-16-5-4-6-17(14(16)2)23-21(25)15-8-9-15/h4-7,10-11,15H,8-9,12H2,1-3H3,(H,22,24)(H,23,25). The molecule has 0 radical (unpaired) electrons. The van der Waals surface area contributed by atoms with E-state index in [2.05, 4.69) is 10.6 Å². The van der Waals surface area contributed by atoms with E-state index in [4.69, 9.17) is 9.47 Å². The molecule has 0 aromatic heterocycles. The van der Waals surface area contributed by atoms with Gasteiger partial charge in [0.05, 0.1) is 7.11 Å². The molecule has 0 bridgehead atoms. The van der Waals surface area contributed by atoms with Crippen LogP contribution < -0.4 is 20.1 Å². The molecule has 27 heavy (non-hydrogen) atoms. The lowest BCUT2D eigenvalue weighted by molar-refractivity contribution is -0.118. The SMILES string of the molecule is COc1cc(C)ccc1OCC(=O)Nc1cccc(NC(=O)C2CC2)c1C. The first-order valence-corrected chi connectivity index (χ1v) is 8.95. The Kier molecular flexibility index (Phi) is 5.64. The number of benzene rings is 2. The van der Waals surface area contributed by atoms with Crippen molar-refractivity contribution < 1.29 is 19.1 Å². The molecule has 2 aromatic carbocycles. The van der Waals surface area contributed by atoms with Gasteiger partial charge in [0.1, 0.15) is 0 Å². The zero-order valence-electron chi connectivity index (χ0n) is 15.8. The summed E-state index contributed by atoms with van der Waals surface area (Å²) in [5.74, 6) is 0.979. The van der Waals surface area contributed by atoms with Gasteiger partial charge in [-0.2, -0.15) is 0 Å². The van der Waals surface area contributed by atoms with Gasteiger partial charge < -0.3 is 20.1 Å². The van der Waals surface area contributed by atoms with E-state index in [-0.39, 0.29) is 24.3 Å². The number of hydrogen-bond donors (Lipinski definition) is 2. The largest absolute Gasteiger partial charge is 0.493 e.